The van der Waals surface area contributed by atoms with Crippen LogP contribution in [0, 0.1) is 0 Å². The molecule has 0 aliphatic carbocycles. The number of carboxylic acids is 1. The van der Waals surface area contributed by atoms with Crippen molar-refractivity contribution in [2.24, 2.45) is 0 Å². The van der Waals surface area contributed by atoms with Crippen LogP contribution in [0.3, 0.4) is 0 Å². The number of carbonyl (C=O) groups excluding carboxylic acids is 1. The molecule has 2 aromatic rings. The van der Waals surface area contributed by atoms with Crippen LogP contribution in [-0.2, 0) is 6.54 Å². The number of anilines is 2. The molecule has 0 atom stereocenters. The molecule has 0 spiro atoms. The van der Waals surface area contributed by atoms with Gasteiger partial charge in [0, 0.05) is 19.6 Å². The van der Waals surface area contributed by atoms with Crippen LogP contribution in [0.5, 0.6) is 0 Å². The number of aromatic carboxylic acids is 1. The van der Waals surface area contributed by atoms with Gasteiger partial charge in [-0.05, 0) is 49.1 Å². The van der Waals surface area contributed by atoms with E-state index in [0.29, 0.717) is 6.54 Å². The lowest BCUT2D eigenvalue weighted by Gasteiger charge is -2.30. The number of amides is 2. The zero-order valence-electron chi connectivity index (χ0n) is 14.6. The van der Waals surface area contributed by atoms with Gasteiger partial charge in [-0.3, -0.25) is 0 Å². The monoisotopic (exact) mass is 353 g/mol. The van der Waals surface area contributed by atoms with Crippen LogP contribution < -0.4 is 15.5 Å². The minimum Gasteiger partial charge on any atom is -0.478 e. The maximum atomic E-state index is 12.3. The summed E-state index contributed by atoms with van der Waals surface area (Å²) in [6.07, 6.45) is 3.60. The summed E-state index contributed by atoms with van der Waals surface area (Å²) in [6, 6.07) is 14.0. The van der Waals surface area contributed by atoms with E-state index in [1.54, 1.807) is 12.1 Å². The van der Waals surface area contributed by atoms with Gasteiger partial charge in [0.2, 0.25) is 0 Å². The Morgan fingerprint density at radius 1 is 0.962 bits per heavy atom. The minimum atomic E-state index is -0.962. The largest absolute Gasteiger partial charge is 0.478 e. The lowest BCUT2D eigenvalue weighted by atomic mass is 10.1. The van der Waals surface area contributed by atoms with Crippen LogP contribution in [0.25, 0.3) is 0 Å². The highest BCUT2D eigenvalue weighted by molar-refractivity contribution is 5.93. The van der Waals surface area contributed by atoms with E-state index in [1.165, 1.54) is 31.4 Å². The fourth-order valence-corrected chi connectivity index (χ4v) is 3.10. The summed E-state index contributed by atoms with van der Waals surface area (Å²) in [6.45, 7) is 2.35. The number of nitrogens with zero attached hydrogens (tertiary/aromatic N) is 1. The second kappa shape index (κ2) is 8.38. The van der Waals surface area contributed by atoms with Gasteiger partial charge in [-0.1, -0.05) is 24.3 Å². The summed E-state index contributed by atoms with van der Waals surface area (Å²) in [5.41, 5.74) is 2.92. The maximum absolute atomic E-state index is 12.3. The molecule has 1 fully saturated rings. The van der Waals surface area contributed by atoms with E-state index >= 15 is 0 Å². The average molecular weight is 353 g/mol. The van der Waals surface area contributed by atoms with Gasteiger partial charge in [-0.15, -0.1) is 0 Å². The highest BCUT2D eigenvalue weighted by atomic mass is 16.4. The molecule has 1 heterocycles. The van der Waals surface area contributed by atoms with Crippen molar-refractivity contribution in [1.29, 1.82) is 0 Å². The number of hydrogen-bond donors (Lipinski definition) is 3. The maximum Gasteiger partial charge on any atom is 0.335 e. The molecule has 0 bridgehead atoms. The van der Waals surface area contributed by atoms with Crippen molar-refractivity contribution >= 4 is 23.4 Å². The van der Waals surface area contributed by atoms with Gasteiger partial charge in [-0.2, -0.15) is 0 Å². The quantitative estimate of drug-likeness (QED) is 0.765. The number of benzene rings is 2. The van der Waals surface area contributed by atoms with Crippen molar-refractivity contribution in [1.82, 2.24) is 5.32 Å². The highest BCUT2D eigenvalue weighted by Crippen LogP contribution is 2.28. The topological polar surface area (TPSA) is 81.7 Å². The number of rotatable bonds is 5. The van der Waals surface area contributed by atoms with Crippen LogP contribution in [0.1, 0.15) is 35.2 Å². The Morgan fingerprint density at radius 2 is 1.65 bits per heavy atom. The highest BCUT2D eigenvalue weighted by Gasteiger charge is 2.15. The van der Waals surface area contributed by atoms with Gasteiger partial charge in [0.15, 0.2) is 0 Å². The molecule has 1 aliphatic rings. The predicted molar refractivity (Wildman–Crippen MR) is 102 cm³/mol. The van der Waals surface area contributed by atoms with Gasteiger partial charge >= 0.3 is 12.0 Å². The Labute approximate surface area is 152 Å². The molecule has 26 heavy (non-hydrogen) atoms. The van der Waals surface area contributed by atoms with E-state index in [0.717, 1.165) is 30.0 Å². The first kappa shape index (κ1) is 17.8. The normalized spacial score (nSPS) is 13.9. The minimum absolute atomic E-state index is 0.230. The van der Waals surface area contributed by atoms with Crippen LogP contribution >= 0.6 is 0 Å². The standard InChI is InChI=1S/C20H23N3O3/c24-19(25)16-10-8-15(9-11-16)14-21-20(26)22-17-6-2-3-7-18(17)23-12-4-1-5-13-23/h2-3,6-11H,1,4-5,12-14H2,(H,24,25)(H2,21,22,26). The van der Waals surface area contributed by atoms with Crippen LogP contribution in [-0.4, -0.2) is 30.2 Å². The SMILES string of the molecule is O=C(NCc1ccc(C(=O)O)cc1)Nc1ccccc1N1CCCCC1. The van der Waals surface area contributed by atoms with Gasteiger partial charge in [0.25, 0.3) is 0 Å². The summed E-state index contributed by atoms with van der Waals surface area (Å²) in [4.78, 5) is 25.4. The summed E-state index contributed by atoms with van der Waals surface area (Å²) < 4.78 is 0. The zero-order valence-corrected chi connectivity index (χ0v) is 14.6. The third kappa shape index (κ3) is 4.53. The number of carboxylic acid groups (broad SMARTS) is 1. The van der Waals surface area contributed by atoms with Crippen LogP contribution in [0.4, 0.5) is 16.2 Å². The lowest BCUT2D eigenvalue weighted by molar-refractivity contribution is 0.0697. The second-order valence-electron chi connectivity index (χ2n) is 6.37. The van der Waals surface area contributed by atoms with Crippen molar-refractivity contribution < 1.29 is 14.7 Å². The molecule has 0 saturated carbocycles. The van der Waals surface area contributed by atoms with Crippen molar-refractivity contribution in [2.75, 3.05) is 23.3 Å². The van der Waals surface area contributed by atoms with E-state index in [9.17, 15) is 9.59 Å². The lowest BCUT2D eigenvalue weighted by Crippen LogP contribution is -2.32. The Bertz CT molecular complexity index is 768. The van der Waals surface area contributed by atoms with Gasteiger partial charge < -0.3 is 20.6 Å². The van der Waals surface area contributed by atoms with Gasteiger partial charge in [0.1, 0.15) is 0 Å². The summed E-state index contributed by atoms with van der Waals surface area (Å²) >= 11 is 0. The first-order valence-electron chi connectivity index (χ1n) is 8.84. The number of para-hydroxylation sites is 2. The smallest absolute Gasteiger partial charge is 0.335 e. The number of urea groups is 1. The van der Waals surface area contributed by atoms with E-state index in [4.69, 9.17) is 5.11 Å². The Balaban J connectivity index is 1.59. The summed E-state index contributed by atoms with van der Waals surface area (Å²) in [5, 5.41) is 14.6. The molecule has 6 heteroatoms. The molecule has 6 nitrogen and oxygen atoms in total. The number of piperidine rings is 1. The number of carbonyl (C=O) groups is 2. The number of hydrogen-bond acceptors (Lipinski definition) is 3. The molecule has 136 valence electrons. The average Bonchev–Trinajstić information content (AvgIpc) is 2.68. The Morgan fingerprint density at radius 3 is 2.35 bits per heavy atom. The Kier molecular flexibility index (Phi) is 5.73. The molecule has 0 unspecified atom stereocenters. The molecule has 0 radical (unpaired) electrons. The third-order valence-electron chi connectivity index (χ3n) is 4.50. The molecular weight excluding hydrogens is 330 g/mol. The fraction of sp³-hybridized carbons (Fsp3) is 0.300. The molecule has 0 aromatic heterocycles. The van der Waals surface area contributed by atoms with Crippen LogP contribution in [0.15, 0.2) is 48.5 Å². The van der Waals surface area contributed by atoms with E-state index in [1.807, 2.05) is 24.3 Å². The predicted octanol–water partition coefficient (Wildman–Crippen LogP) is 3.70. The first-order chi connectivity index (χ1) is 12.6. The van der Waals surface area contributed by atoms with Crippen molar-refractivity contribution in [3.05, 3.63) is 59.7 Å². The molecule has 2 aromatic carbocycles. The van der Waals surface area contributed by atoms with Crippen molar-refractivity contribution in [3.63, 3.8) is 0 Å². The van der Waals surface area contributed by atoms with Crippen molar-refractivity contribution in [2.45, 2.75) is 25.8 Å². The molecular formula is C20H23N3O3. The molecule has 3 N–H and O–H groups in total. The first-order valence-corrected chi connectivity index (χ1v) is 8.84. The van der Waals surface area contributed by atoms with Crippen LogP contribution in [0.2, 0.25) is 0 Å². The van der Waals surface area contributed by atoms with Gasteiger partial charge in [-0.25, -0.2) is 9.59 Å². The molecule has 1 aliphatic heterocycles. The van der Waals surface area contributed by atoms with Gasteiger partial charge in [0.05, 0.1) is 16.9 Å². The fourth-order valence-electron chi connectivity index (χ4n) is 3.10. The summed E-state index contributed by atoms with van der Waals surface area (Å²) in [7, 11) is 0. The molecule has 2 amide bonds. The third-order valence-corrected chi connectivity index (χ3v) is 4.50. The molecule has 1 saturated heterocycles. The number of nitrogens with one attached hydrogen (secondary N) is 2. The van der Waals surface area contributed by atoms with E-state index < -0.39 is 5.97 Å². The van der Waals surface area contributed by atoms with E-state index in [2.05, 4.69) is 15.5 Å². The van der Waals surface area contributed by atoms with Crippen molar-refractivity contribution in [3.8, 4) is 0 Å². The van der Waals surface area contributed by atoms with E-state index in [-0.39, 0.29) is 11.6 Å². The zero-order chi connectivity index (χ0) is 18.4. The molecule has 3 rings (SSSR count). The Hall–Kier alpha value is -3.02. The summed E-state index contributed by atoms with van der Waals surface area (Å²) in [5.74, 6) is -0.962. The second-order valence-corrected chi connectivity index (χ2v) is 6.37.